The van der Waals surface area contributed by atoms with E-state index in [1.54, 1.807) is 55.7 Å². The predicted molar refractivity (Wildman–Crippen MR) is 130 cm³/mol. The van der Waals surface area contributed by atoms with Crippen LogP contribution in [0.5, 0.6) is 17.2 Å². The fourth-order valence-corrected chi connectivity index (χ4v) is 4.35. The number of nitrogens with zero attached hydrogens (tertiary/aromatic N) is 1. The van der Waals surface area contributed by atoms with Crippen LogP contribution in [0.1, 0.15) is 15.9 Å². The third kappa shape index (κ3) is 4.66. The molecule has 2 amide bonds. The molecule has 0 aromatic heterocycles. The number of thioether (sulfide) groups is 1. The summed E-state index contributed by atoms with van der Waals surface area (Å²) in [5.74, 6) is 1.20. The van der Waals surface area contributed by atoms with Crippen molar-refractivity contribution in [1.29, 1.82) is 0 Å². The first-order valence-corrected chi connectivity index (χ1v) is 10.8. The number of nitrogens with two attached hydrogens (primary N) is 1. The molecule has 1 aliphatic rings. The fourth-order valence-electron chi connectivity index (χ4n) is 3.05. The number of anilines is 1. The maximum atomic E-state index is 13.0. The number of ether oxygens (including phenoxy) is 2. The Morgan fingerprint density at radius 1 is 1.00 bits per heavy atom. The van der Waals surface area contributed by atoms with E-state index in [4.69, 9.17) is 27.4 Å². The molecule has 3 aromatic rings. The van der Waals surface area contributed by atoms with Crippen LogP contribution in [0.4, 0.5) is 5.69 Å². The van der Waals surface area contributed by atoms with Crippen LogP contribution in [0.25, 0.3) is 6.08 Å². The molecule has 6 nitrogen and oxygen atoms in total. The van der Waals surface area contributed by atoms with Gasteiger partial charge in [-0.15, -0.1) is 0 Å². The SMILES string of the molecule is COc1cccc(N2C(=O)C(=Cc3ccc(Oc4ccc(C(N)=O)cc4)cc3)SC2=S)c1. The quantitative estimate of drug-likeness (QED) is 0.410. The molecule has 160 valence electrons. The van der Waals surface area contributed by atoms with Gasteiger partial charge in [0, 0.05) is 11.6 Å². The van der Waals surface area contributed by atoms with E-state index in [0.717, 1.165) is 5.56 Å². The molecule has 0 atom stereocenters. The van der Waals surface area contributed by atoms with Gasteiger partial charge in [0.1, 0.15) is 17.2 Å². The third-order valence-corrected chi connectivity index (χ3v) is 5.96. The van der Waals surface area contributed by atoms with Crippen molar-refractivity contribution in [3.05, 3.63) is 88.8 Å². The van der Waals surface area contributed by atoms with E-state index in [2.05, 4.69) is 0 Å². The maximum absolute atomic E-state index is 13.0. The molecule has 0 aliphatic carbocycles. The van der Waals surface area contributed by atoms with E-state index < -0.39 is 5.91 Å². The molecule has 3 aromatic carbocycles. The number of hydrogen-bond donors (Lipinski definition) is 1. The molecule has 1 aliphatic heterocycles. The zero-order valence-corrected chi connectivity index (χ0v) is 18.6. The lowest BCUT2D eigenvalue weighted by atomic mass is 10.2. The van der Waals surface area contributed by atoms with E-state index >= 15 is 0 Å². The smallest absolute Gasteiger partial charge is 0.270 e. The number of methoxy groups -OCH3 is 1. The van der Waals surface area contributed by atoms with Crippen LogP contribution >= 0.6 is 24.0 Å². The van der Waals surface area contributed by atoms with Crippen LogP contribution in [0.2, 0.25) is 0 Å². The Labute approximate surface area is 194 Å². The first-order valence-electron chi connectivity index (χ1n) is 9.54. The zero-order valence-electron chi connectivity index (χ0n) is 17.0. The molecule has 0 bridgehead atoms. The lowest BCUT2D eigenvalue weighted by molar-refractivity contribution is -0.113. The summed E-state index contributed by atoms with van der Waals surface area (Å²) in [5.41, 5.74) is 7.17. The van der Waals surface area contributed by atoms with Crippen LogP contribution in [0.3, 0.4) is 0 Å². The molecule has 0 saturated carbocycles. The first kappa shape index (κ1) is 21.6. The lowest BCUT2D eigenvalue weighted by Gasteiger charge is -2.15. The van der Waals surface area contributed by atoms with Gasteiger partial charge >= 0.3 is 0 Å². The molecule has 1 saturated heterocycles. The van der Waals surface area contributed by atoms with Gasteiger partial charge in [-0.1, -0.05) is 42.2 Å². The van der Waals surface area contributed by atoms with Crippen LogP contribution in [-0.4, -0.2) is 23.2 Å². The van der Waals surface area contributed by atoms with Gasteiger partial charge in [-0.05, 0) is 60.2 Å². The van der Waals surface area contributed by atoms with Crippen molar-refractivity contribution in [3.63, 3.8) is 0 Å². The van der Waals surface area contributed by atoms with Gasteiger partial charge in [0.25, 0.3) is 5.91 Å². The highest BCUT2D eigenvalue weighted by Gasteiger charge is 2.33. The van der Waals surface area contributed by atoms with Crippen molar-refractivity contribution in [2.45, 2.75) is 0 Å². The summed E-state index contributed by atoms with van der Waals surface area (Å²) in [6, 6.07) is 21.1. The number of rotatable bonds is 6. The van der Waals surface area contributed by atoms with Gasteiger partial charge in [-0.2, -0.15) is 0 Å². The fraction of sp³-hybridized carbons (Fsp3) is 0.0417. The summed E-state index contributed by atoms with van der Waals surface area (Å²) in [7, 11) is 1.58. The zero-order chi connectivity index (χ0) is 22.7. The molecule has 8 heteroatoms. The molecule has 4 rings (SSSR count). The Bertz CT molecular complexity index is 1220. The van der Waals surface area contributed by atoms with E-state index in [9.17, 15) is 9.59 Å². The minimum absolute atomic E-state index is 0.178. The largest absolute Gasteiger partial charge is 0.497 e. The Balaban J connectivity index is 1.48. The van der Waals surface area contributed by atoms with Crippen molar-refractivity contribution in [1.82, 2.24) is 0 Å². The average molecular weight is 463 g/mol. The molecule has 0 radical (unpaired) electrons. The number of carbonyl (C=O) groups excluding carboxylic acids is 2. The maximum Gasteiger partial charge on any atom is 0.270 e. The molecule has 0 spiro atoms. The number of primary amides is 1. The first-order chi connectivity index (χ1) is 15.4. The number of benzene rings is 3. The van der Waals surface area contributed by atoms with Crippen LogP contribution in [0.15, 0.2) is 77.7 Å². The average Bonchev–Trinajstić information content (AvgIpc) is 3.08. The standard InChI is InChI=1S/C24H18N2O4S2/c1-29-20-4-2-3-17(14-20)26-23(28)21(32-24(26)31)13-15-5-9-18(10-6-15)30-19-11-7-16(8-12-19)22(25)27/h2-14H,1H3,(H2,25,27). The van der Waals surface area contributed by atoms with Crippen molar-refractivity contribution in [2.75, 3.05) is 12.0 Å². The monoisotopic (exact) mass is 462 g/mol. The Hall–Kier alpha value is -3.62. The highest BCUT2D eigenvalue weighted by Crippen LogP contribution is 2.37. The topological polar surface area (TPSA) is 81.9 Å². The normalized spacial score (nSPS) is 14.7. The van der Waals surface area contributed by atoms with E-state index in [1.165, 1.54) is 16.7 Å². The van der Waals surface area contributed by atoms with E-state index in [-0.39, 0.29) is 5.91 Å². The van der Waals surface area contributed by atoms with Crippen LogP contribution < -0.4 is 20.1 Å². The number of thiocarbonyl (C=S) groups is 1. The van der Waals surface area contributed by atoms with Gasteiger partial charge in [-0.25, -0.2) is 0 Å². The Morgan fingerprint density at radius 2 is 1.66 bits per heavy atom. The van der Waals surface area contributed by atoms with Gasteiger partial charge < -0.3 is 15.2 Å². The van der Waals surface area contributed by atoms with Gasteiger partial charge in [0.2, 0.25) is 5.91 Å². The van der Waals surface area contributed by atoms with E-state index in [1.807, 2.05) is 30.3 Å². The highest BCUT2D eigenvalue weighted by atomic mass is 32.2. The van der Waals surface area contributed by atoms with Crippen molar-refractivity contribution in [2.24, 2.45) is 5.73 Å². The minimum atomic E-state index is -0.488. The summed E-state index contributed by atoms with van der Waals surface area (Å²) in [6.45, 7) is 0. The highest BCUT2D eigenvalue weighted by molar-refractivity contribution is 8.27. The van der Waals surface area contributed by atoms with Crippen molar-refractivity contribution >= 4 is 51.9 Å². The molecule has 0 unspecified atom stereocenters. The number of amides is 2. The summed E-state index contributed by atoms with van der Waals surface area (Å²) in [4.78, 5) is 26.1. The predicted octanol–water partition coefficient (Wildman–Crippen LogP) is 4.99. The van der Waals surface area contributed by atoms with Crippen molar-refractivity contribution in [3.8, 4) is 17.2 Å². The molecular weight excluding hydrogens is 444 g/mol. The Morgan fingerprint density at radius 3 is 2.28 bits per heavy atom. The van der Waals surface area contributed by atoms with Crippen LogP contribution in [0, 0.1) is 0 Å². The summed E-state index contributed by atoms with van der Waals surface area (Å²) in [5, 5.41) is 0. The third-order valence-electron chi connectivity index (χ3n) is 4.66. The summed E-state index contributed by atoms with van der Waals surface area (Å²) < 4.78 is 11.5. The molecule has 1 heterocycles. The lowest BCUT2D eigenvalue weighted by Crippen LogP contribution is -2.27. The second-order valence-corrected chi connectivity index (χ2v) is 8.45. The van der Waals surface area contributed by atoms with Gasteiger partial charge in [0.05, 0.1) is 17.7 Å². The van der Waals surface area contributed by atoms with Crippen LogP contribution in [-0.2, 0) is 4.79 Å². The molecular formula is C24H18N2O4S2. The summed E-state index contributed by atoms with van der Waals surface area (Å²) >= 11 is 6.68. The Kier molecular flexibility index (Phi) is 6.25. The molecule has 2 N–H and O–H groups in total. The number of carbonyl (C=O) groups is 2. The second kappa shape index (κ2) is 9.25. The minimum Gasteiger partial charge on any atom is -0.497 e. The van der Waals surface area contributed by atoms with Gasteiger partial charge in [0.15, 0.2) is 4.32 Å². The second-order valence-electron chi connectivity index (χ2n) is 6.78. The summed E-state index contributed by atoms with van der Waals surface area (Å²) in [6.07, 6.45) is 1.80. The van der Waals surface area contributed by atoms with E-state index in [0.29, 0.717) is 37.7 Å². The molecule has 32 heavy (non-hydrogen) atoms. The van der Waals surface area contributed by atoms with Gasteiger partial charge in [-0.3, -0.25) is 14.5 Å². The van der Waals surface area contributed by atoms with Crippen molar-refractivity contribution < 1.29 is 19.1 Å². The molecule has 1 fully saturated rings. The number of hydrogen-bond acceptors (Lipinski definition) is 6.